The fourth-order valence-electron chi connectivity index (χ4n) is 2.92. The minimum Gasteiger partial charge on any atom is -0.507 e. The number of thiophene rings is 1. The predicted octanol–water partition coefficient (Wildman–Crippen LogP) is 4.68. The number of rotatable bonds is 4. The number of aliphatic imine (C=N–C) groups is 1. The summed E-state index contributed by atoms with van der Waals surface area (Å²) in [6.45, 7) is 3.70. The first-order chi connectivity index (χ1) is 11.2. The lowest BCUT2D eigenvalue weighted by Crippen LogP contribution is -1.99. The number of fused-ring (bicyclic) bond motifs is 1. The highest BCUT2D eigenvalue weighted by molar-refractivity contribution is 7.16. The molecule has 0 atom stereocenters. The van der Waals surface area contributed by atoms with E-state index in [2.05, 4.69) is 17.6 Å². The summed E-state index contributed by atoms with van der Waals surface area (Å²) < 4.78 is 0. The summed E-state index contributed by atoms with van der Waals surface area (Å²) >= 11 is 1.61. The maximum absolute atomic E-state index is 10.3. The van der Waals surface area contributed by atoms with E-state index in [1.807, 2.05) is 18.2 Å². The van der Waals surface area contributed by atoms with Crippen molar-refractivity contribution in [2.45, 2.75) is 32.1 Å². The quantitative estimate of drug-likeness (QED) is 0.656. The maximum Gasteiger partial charge on any atom is 0.134 e. The van der Waals surface area contributed by atoms with E-state index in [-0.39, 0.29) is 5.75 Å². The third kappa shape index (κ3) is 3.06. The number of allylic oxidation sites excluding steroid dienone is 1. The lowest BCUT2D eigenvalue weighted by atomic mass is 9.96. The molecule has 1 aliphatic rings. The van der Waals surface area contributed by atoms with Gasteiger partial charge in [0.25, 0.3) is 0 Å². The van der Waals surface area contributed by atoms with Gasteiger partial charge in [0.15, 0.2) is 0 Å². The average molecular weight is 322 g/mol. The predicted molar refractivity (Wildman–Crippen MR) is 94.9 cm³/mol. The molecule has 1 N–H and O–H groups in total. The molecule has 3 rings (SSSR count). The Labute approximate surface area is 140 Å². The van der Waals surface area contributed by atoms with Crippen LogP contribution < -0.4 is 0 Å². The van der Waals surface area contributed by atoms with Crippen molar-refractivity contribution >= 4 is 22.6 Å². The van der Waals surface area contributed by atoms with Crippen molar-refractivity contribution in [1.82, 2.24) is 0 Å². The van der Waals surface area contributed by atoms with Crippen LogP contribution in [0.4, 0.5) is 5.00 Å². The first kappa shape index (κ1) is 15.5. The highest BCUT2D eigenvalue weighted by Gasteiger charge is 2.20. The van der Waals surface area contributed by atoms with Gasteiger partial charge in [-0.05, 0) is 49.3 Å². The molecule has 1 aliphatic carbocycles. The van der Waals surface area contributed by atoms with Gasteiger partial charge in [-0.2, -0.15) is 5.26 Å². The van der Waals surface area contributed by atoms with Gasteiger partial charge in [-0.15, -0.1) is 17.9 Å². The zero-order valence-electron chi connectivity index (χ0n) is 12.9. The topological polar surface area (TPSA) is 56.4 Å². The zero-order valence-corrected chi connectivity index (χ0v) is 13.7. The molecule has 0 saturated heterocycles. The molecule has 0 aliphatic heterocycles. The van der Waals surface area contributed by atoms with E-state index >= 15 is 0 Å². The van der Waals surface area contributed by atoms with Crippen LogP contribution in [-0.2, 0) is 19.3 Å². The third-order valence-corrected chi connectivity index (χ3v) is 5.30. The molecular formula is C19H18N2OS. The molecule has 0 unspecified atom stereocenters. The monoisotopic (exact) mass is 322 g/mol. The Kier molecular flexibility index (Phi) is 4.59. The van der Waals surface area contributed by atoms with Gasteiger partial charge in [0.2, 0.25) is 0 Å². The van der Waals surface area contributed by atoms with Crippen molar-refractivity contribution in [3.8, 4) is 11.8 Å². The van der Waals surface area contributed by atoms with Gasteiger partial charge >= 0.3 is 0 Å². The van der Waals surface area contributed by atoms with Crippen LogP contribution >= 0.6 is 11.3 Å². The minimum atomic E-state index is 0.232. The summed E-state index contributed by atoms with van der Waals surface area (Å²) in [6, 6.07) is 7.90. The van der Waals surface area contributed by atoms with E-state index in [0.29, 0.717) is 17.5 Å². The second kappa shape index (κ2) is 6.80. The molecule has 0 saturated carbocycles. The summed E-state index contributed by atoms with van der Waals surface area (Å²) in [4.78, 5) is 5.80. The van der Waals surface area contributed by atoms with Gasteiger partial charge in [0.1, 0.15) is 16.8 Å². The Hall–Kier alpha value is -2.38. The van der Waals surface area contributed by atoms with Crippen LogP contribution in [-0.4, -0.2) is 11.3 Å². The highest BCUT2D eigenvalue weighted by atomic mass is 32.1. The summed E-state index contributed by atoms with van der Waals surface area (Å²) in [5.74, 6) is 0.232. The minimum absolute atomic E-state index is 0.232. The van der Waals surface area contributed by atoms with Crippen LogP contribution in [0.25, 0.3) is 0 Å². The molecule has 1 heterocycles. The summed E-state index contributed by atoms with van der Waals surface area (Å²) in [5, 5.41) is 20.5. The van der Waals surface area contributed by atoms with Gasteiger partial charge in [-0.25, -0.2) is 4.99 Å². The van der Waals surface area contributed by atoms with Crippen molar-refractivity contribution in [3.05, 3.63) is 58.0 Å². The third-order valence-electron chi connectivity index (χ3n) is 4.10. The lowest BCUT2D eigenvalue weighted by Gasteiger charge is -2.09. The molecule has 0 bridgehead atoms. The number of nitriles is 1. The van der Waals surface area contributed by atoms with Crippen molar-refractivity contribution in [1.29, 1.82) is 5.26 Å². The Bertz CT molecular complexity index is 812. The second-order valence-electron chi connectivity index (χ2n) is 5.61. The van der Waals surface area contributed by atoms with Crippen LogP contribution in [0.15, 0.2) is 35.8 Å². The number of aromatic hydroxyl groups is 1. The fraction of sp³-hybridized carbons (Fsp3) is 0.263. The largest absolute Gasteiger partial charge is 0.507 e. The van der Waals surface area contributed by atoms with Gasteiger partial charge in [-0.1, -0.05) is 18.2 Å². The summed E-state index contributed by atoms with van der Waals surface area (Å²) in [6.07, 6.45) is 8.38. The Morgan fingerprint density at radius 3 is 2.96 bits per heavy atom. The van der Waals surface area contributed by atoms with Gasteiger partial charge < -0.3 is 5.11 Å². The molecule has 23 heavy (non-hydrogen) atoms. The number of hydrogen-bond donors (Lipinski definition) is 1. The van der Waals surface area contributed by atoms with Crippen molar-refractivity contribution in [2.75, 3.05) is 0 Å². The second-order valence-corrected chi connectivity index (χ2v) is 6.69. The first-order valence-electron chi connectivity index (χ1n) is 7.75. The first-order valence-corrected chi connectivity index (χ1v) is 8.56. The summed E-state index contributed by atoms with van der Waals surface area (Å²) in [7, 11) is 0. The maximum atomic E-state index is 10.3. The zero-order chi connectivity index (χ0) is 16.2. The fourth-order valence-corrected chi connectivity index (χ4v) is 4.10. The molecular weight excluding hydrogens is 304 g/mol. The van der Waals surface area contributed by atoms with Gasteiger partial charge in [0, 0.05) is 16.7 Å². The van der Waals surface area contributed by atoms with Crippen LogP contribution in [0, 0.1) is 11.3 Å². The molecule has 3 nitrogen and oxygen atoms in total. The van der Waals surface area contributed by atoms with Crippen LogP contribution in [0.1, 0.15) is 40.0 Å². The van der Waals surface area contributed by atoms with E-state index in [1.54, 1.807) is 23.6 Å². The highest BCUT2D eigenvalue weighted by Crippen LogP contribution is 2.39. The van der Waals surface area contributed by atoms with E-state index in [9.17, 15) is 10.4 Å². The number of benzene rings is 1. The molecule has 0 spiro atoms. The van der Waals surface area contributed by atoms with Crippen molar-refractivity contribution in [3.63, 3.8) is 0 Å². The van der Waals surface area contributed by atoms with Crippen LogP contribution in [0.2, 0.25) is 0 Å². The number of hydrogen-bond acceptors (Lipinski definition) is 4. The Morgan fingerprint density at radius 2 is 2.17 bits per heavy atom. The molecule has 0 radical (unpaired) electrons. The van der Waals surface area contributed by atoms with Gasteiger partial charge in [-0.3, -0.25) is 0 Å². The van der Waals surface area contributed by atoms with E-state index < -0.39 is 0 Å². The van der Waals surface area contributed by atoms with Crippen molar-refractivity contribution < 1.29 is 5.11 Å². The van der Waals surface area contributed by atoms with Crippen molar-refractivity contribution in [2.24, 2.45) is 4.99 Å². The Morgan fingerprint density at radius 1 is 1.35 bits per heavy atom. The smallest absolute Gasteiger partial charge is 0.134 e. The standard InChI is InChI=1S/C19H18N2OS/c1-2-6-13-7-5-8-14(18(13)22)12-21-19-16(11-20)15-9-3-4-10-17(15)23-19/h2,5,7-8,12,22H,1,3-4,6,9-10H2. The molecule has 1 aromatic heterocycles. The molecule has 4 heteroatoms. The molecule has 116 valence electrons. The number of nitrogens with zero attached hydrogens (tertiary/aromatic N) is 2. The molecule has 0 fully saturated rings. The van der Waals surface area contributed by atoms with E-state index in [0.717, 1.165) is 29.8 Å². The normalized spacial score (nSPS) is 13.7. The number of phenolic OH excluding ortho intramolecular Hbond substituents is 1. The molecule has 1 aromatic carbocycles. The number of phenols is 1. The van der Waals surface area contributed by atoms with E-state index in [4.69, 9.17) is 0 Å². The Balaban J connectivity index is 1.95. The molecule has 0 amide bonds. The SMILES string of the molecule is C=CCc1cccc(C=Nc2sc3c(c2C#N)CCCC3)c1O. The average Bonchev–Trinajstić information content (AvgIpc) is 2.93. The van der Waals surface area contributed by atoms with Gasteiger partial charge in [0.05, 0.1) is 5.56 Å². The number of para-hydroxylation sites is 1. The number of aryl methyl sites for hydroxylation is 1. The summed E-state index contributed by atoms with van der Waals surface area (Å²) in [5.41, 5.74) is 3.39. The van der Waals surface area contributed by atoms with E-state index in [1.165, 1.54) is 16.9 Å². The van der Waals surface area contributed by atoms with Crippen LogP contribution in [0.3, 0.4) is 0 Å². The molecule has 2 aromatic rings. The van der Waals surface area contributed by atoms with Crippen LogP contribution in [0.5, 0.6) is 5.75 Å². The lowest BCUT2D eigenvalue weighted by molar-refractivity contribution is 0.469.